The molecule has 4 N–H and O–H groups in total. The summed E-state index contributed by atoms with van der Waals surface area (Å²) in [6, 6.07) is 9.71. The summed E-state index contributed by atoms with van der Waals surface area (Å²) in [5.74, 6) is -0.206. The molecule has 0 aliphatic heterocycles. The van der Waals surface area contributed by atoms with Gasteiger partial charge in [-0.2, -0.15) is 0 Å². The fourth-order valence-corrected chi connectivity index (χ4v) is 3.26. The molecule has 1 amide bonds. The van der Waals surface area contributed by atoms with Crippen molar-refractivity contribution in [1.29, 1.82) is 0 Å². The molecule has 0 unspecified atom stereocenters. The topological polar surface area (TPSA) is 119 Å². The van der Waals surface area contributed by atoms with Crippen molar-refractivity contribution in [2.24, 2.45) is 10.7 Å². The van der Waals surface area contributed by atoms with E-state index in [4.69, 9.17) is 33.7 Å². The predicted molar refractivity (Wildman–Crippen MR) is 127 cm³/mol. The van der Waals surface area contributed by atoms with Crippen molar-refractivity contribution in [3.8, 4) is 0 Å². The smallest absolute Gasteiger partial charge is 0.307 e. The first kappa shape index (κ1) is 25.2. The maximum atomic E-state index is 12.7. The summed E-state index contributed by atoms with van der Waals surface area (Å²) in [4.78, 5) is 33.0. The van der Waals surface area contributed by atoms with Crippen molar-refractivity contribution in [3.63, 3.8) is 0 Å². The molecule has 0 bridgehead atoms. The van der Waals surface area contributed by atoms with E-state index < -0.39 is 17.9 Å². The Hall–Kier alpha value is -3.10. The Bertz CT molecular complexity index is 947. The van der Waals surface area contributed by atoms with Crippen LogP contribution in [0.15, 0.2) is 59.4 Å². The molecule has 0 saturated heterocycles. The number of hydrogen-bond donors (Lipinski definition) is 3. The number of nitrogens with zero attached hydrogens (tertiary/aromatic N) is 2. The van der Waals surface area contributed by atoms with Gasteiger partial charge in [-0.25, -0.2) is 4.98 Å². The van der Waals surface area contributed by atoms with Crippen LogP contribution in [-0.4, -0.2) is 43.3 Å². The largest absolute Gasteiger partial charge is 0.469 e. The predicted octanol–water partition coefficient (Wildman–Crippen LogP) is 3.52. The van der Waals surface area contributed by atoms with Crippen LogP contribution in [0.5, 0.6) is 0 Å². The average Bonchev–Trinajstić information content (AvgIpc) is 2.78. The number of methoxy groups -OCH3 is 1. The molecule has 2 rings (SSSR count). The molecule has 0 fully saturated rings. The van der Waals surface area contributed by atoms with Gasteiger partial charge in [-0.05, 0) is 42.3 Å². The van der Waals surface area contributed by atoms with E-state index in [1.807, 2.05) is 18.2 Å². The summed E-state index contributed by atoms with van der Waals surface area (Å²) >= 11 is 12.1. The lowest BCUT2D eigenvalue weighted by molar-refractivity contribution is -0.141. The Morgan fingerprint density at radius 1 is 1.25 bits per heavy atom. The van der Waals surface area contributed by atoms with E-state index in [9.17, 15) is 9.59 Å². The second-order valence-electron chi connectivity index (χ2n) is 6.66. The summed E-state index contributed by atoms with van der Waals surface area (Å²) in [6.07, 6.45) is 4.90. The number of nitrogens with two attached hydrogens (primary N) is 1. The lowest BCUT2D eigenvalue weighted by Crippen LogP contribution is -2.32. The monoisotopic (exact) mass is 477 g/mol. The number of aliphatic imine (C=N–C) groups is 1. The van der Waals surface area contributed by atoms with Gasteiger partial charge in [0, 0.05) is 41.7 Å². The zero-order valence-electron chi connectivity index (χ0n) is 17.6. The van der Waals surface area contributed by atoms with Gasteiger partial charge in [0.05, 0.1) is 25.1 Å². The summed E-state index contributed by atoms with van der Waals surface area (Å²) in [5.41, 5.74) is 6.34. The molecule has 1 aromatic carbocycles. The zero-order valence-corrected chi connectivity index (χ0v) is 19.1. The fourth-order valence-electron chi connectivity index (χ4n) is 2.71. The van der Waals surface area contributed by atoms with Crippen molar-refractivity contribution < 1.29 is 14.3 Å². The van der Waals surface area contributed by atoms with E-state index in [-0.39, 0.29) is 12.0 Å². The zero-order chi connectivity index (χ0) is 23.3. The second-order valence-corrected chi connectivity index (χ2v) is 7.53. The average molecular weight is 478 g/mol. The number of amides is 1. The Balaban J connectivity index is 1.95. The van der Waals surface area contributed by atoms with Gasteiger partial charge in [0.2, 0.25) is 0 Å². The fraction of sp³-hybridized carbons (Fsp3) is 0.273. The van der Waals surface area contributed by atoms with Crippen LogP contribution in [0.3, 0.4) is 0 Å². The number of anilines is 1. The Labute approximate surface area is 196 Å². The molecule has 0 spiro atoms. The minimum atomic E-state index is -0.711. The Morgan fingerprint density at radius 3 is 2.62 bits per heavy atom. The van der Waals surface area contributed by atoms with Gasteiger partial charge < -0.3 is 21.1 Å². The van der Waals surface area contributed by atoms with Crippen LogP contribution < -0.4 is 16.4 Å². The molecule has 1 aromatic heterocycles. The summed E-state index contributed by atoms with van der Waals surface area (Å²) in [6.45, 7) is 1.17. The number of esters is 1. The molecule has 8 nitrogen and oxygen atoms in total. The number of pyridine rings is 1. The second kappa shape index (κ2) is 13.3. The van der Waals surface area contributed by atoms with Crippen molar-refractivity contribution in [3.05, 3.63) is 70.0 Å². The molecule has 1 heterocycles. The minimum Gasteiger partial charge on any atom is -0.469 e. The Morgan fingerprint density at radius 2 is 2.00 bits per heavy atom. The molecule has 170 valence electrons. The lowest BCUT2D eigenvalue weighted by atomic mass is 10.0. The van der Waals surface area contributed by atoms with Crippen LogP contribution in [0.25, 0.3) is 0 Å². The number of rotatable bonds is 11. The Kier molecular flexibility index (Phi) is 10.5. The molecule has 0 saturated carbocycles. The summed E-state index contributed by atoms with van der Waals surface area (Å²) < 4.78 is 4.73. The van der Waals surface area contributed by atoms with Crippen molar-refractivity contribution in [2.45, 2.75) is 18.9 Å². The third-order valence-electron chi connectivity index (χ3n) is 4.30. The number of nitrogens with one attached hydrogen (secondary N) is 2. The number of carbonyl (C=O) groups excluding carboxylic acids is 2. The van der Waals surface area contributed by atoms with Gasteiger partial charge in [0.25, 0.3) is 5.91 Å². The molecular weight excluding hydrogens is 453 g/mol. The van der Waals surface area contributed by atoms with Crippen LogP contribution in [0, 0.1) is 0 Å². The molecule has 0 radical (unpaired) electrons. The standard InChI is InChI=1S/C22H25Cl2N5O3/c1-32-21(30)12-19(15-9-17(23)11-18(24)10-15)29-22(31)16(13-25)14-26-6-4-8-28-20-5-2-3-7-27-20/h2-3,5,7,9-11,13-14,19H,4,6,8,12,25H2,1H3,(H,27,28)(H,29,31)/t19-/m0/s1. The van der Waals surface area contributed by atoms with E-state index in [2.05, 4.69) is 20.6 Å². The van der Waals surface area contributed by atoms with Crippen molar-refractivity contribution >= 4 is 47.1 Å². The maximum Gasteiger partial charge on any atom is 0.307 e. The van der Waals surface area contributed by atoms with Gasteiger partial charge in [-0.15, -0.1) is 0 Å². The number of aromatic nitrogens is 1. The number of hydrogen-bond acceptors (Lipinski definition) is 7. The SMILES string of the molecule is COC(=O)C[C@H](NC(=O)C(C=NCCCNc1ccccn1)=CN)c1cc(Cl)cc(Cl)c1. The highest BCUT2D eigenvalue weighted by atomic mass is 35.5. The molecule has 0 aliphatic carbocycles. The van der Waals surface area contributed by atoms with Crippen molar-refractivity contribution in [2.75, 3.05) is 25.5 Å². The molecule has 0 aliphatic rings. The van der Waals surface area contributed by atoms with E-state index in [0.717, 1.165) is 18.4 Å². The van der Waals surface area contributed by atoms with Crippen LogP contribution >= 0.6 is 23.2 Å². The normalized spacial score (nSPS) is 12.4. The van der Waals surface area contributed by atoms with E-state index >= 15 is 0 Å². The van der Waals surface area contributed by atoms with Crippen LogP contribution in [0.2, 0.25) is 10.0 Å². The van der Waals surface area contributed by atoms with Gasteiger partial charge in [0.15, 0.2) is 0 Å². The maximum absolute atomic E-state index is 12.7. The van der Waals surface area contributed by atoms with Gasteiger partial charge >= 0.3 is 5.97 Å². The van der Waals surface area contributed by atoms with Gasteiger partial charge in [0.1, 0.15) is 5.82 Å². The van der Waals surface area contributed by atoms with Crippen LogP contribution in [0.4, 0.5) is 5.82 Å². The van der Waals surface area contributed by atoms with Crippen molar-refractivity contribution in [1.82, 2.24) is 10.3 Å². The van der Waals surface area contributed by atoms with E-state index in [1.165, 1.54) is 13.3 Å². The summed E-state index contributed by atoms with van der Waals surface area (Å²) in [7, 11) is 1.27. The number of halogens is 2. The third kappa shape index (κ3) is 8.56. The first-order chi connectivity index (χ1) is 15.4. The highest BCUT2D eigenvalue weighted by Crippen LogP contribution is 2.26. The van der Waals surface area contributed by atoms with Gasteiger partial charge in [-0.1, -0.05) is 29.3 Å². The number of ether oxygens (including phenoxy) is 1. The molecule has 1 atom stereocenters. The van der Waals surface area contributed by atoms with E-state index in [1.54, 1.807) is 24.4 Å². The lowest BCUT2D eigenvalue weighted by Gasteiger charge is -2.19. The van der Waals surface area contributed by atoms with Crippen LogP contribution in [0.1, 0.15) is 24.4 Å². The minimum absolute atomic E-state index is 0.104. The highest BCUT2D eigenvalue weighted by Gasteiger charge is 2.21. The molecular formula is C22H25Cl2N5O3. The first-order valence-corrected chi connectivity index (χ1v) is 10.6. The number of carbonyl (C=O) groups is 2. The van der Waals surface area contributed by atoms with Gasteiger partial charge in [-0.3, -0.25) is 14.6 Å². The number of benzene rings is 1. The highest BCUT2D eigenvalue weighted by molar-refractivity contribution is 6.34. The van der Waals surface area contributed by atoms with E-state index in [0.29, 0.717) is 28.7 Å². The molecule has 2 aromatic rings. The first-order valence-electron chi connectivity index (χ1n) is 9.83. The third-order valence-corrected chi connectivity index (χ3v) is 4.73. The van der Waals surface area contributed by atoms with Crippen LogP contribution in [-0.2, 0) is 14.3 Å². The molecule has 10 heteroatoms. The summed E-state index contributed by atoms with van der Waals surface area (Å²) in [5, 5.41) is 6.70. The quantitative estimate of drug-likeness (QED) is 0.197. The molecule has 32 heavy (non-hydrogen) atoms.